The summed E-state index contributed by atoms with van der Waals surface area (Å²) in [4.78, 5) is 1.34. The van der Waals surface area contributed by atoms with Crippen LogP contribution in [0.5, 0.6) is 0 Å². The molecule has 1 aromatic carbocycles. The third-order valence-electron chi connectivity index (χ3n) is 3.12. The first-order valence-corrected chi connectivity index (χ1v) is 9.00. The molecule has 0 saturated carbocycles. The van der Waals surface area contributed by atoms with Crippen molar-refractivity contribution in [2.24, 2.45) is 5.73 Å². The molecule has 21 heavy (non-hydrogen) atoms. The number of thiophene rings is 1. The Morgan fingerprint density at radius 2 is 1.86 bits per heavy atom. The maximum Gasteiger partial charge on any atom is 0.273 e. The Kier molecular flexibility index (Phi) is 4.65. The van der Waals surface area contributed by atoms with Gasteiger partial charge in [0.15, 0.2) is 0 Å². The standard InChI is InChI=1S/C14H16N2O2S3/c1-3-12-8-9-13(20-12)21(17,18)16(2)11-6-4-10(5-7-11)14(15)19/h4-9H,3H2,1-2H3,(H2,15,19). The fraction of sp³-hybridized carbons (Fsp3) is 0.214. The van der Waals surface area contributed by atoms with Crippen LogP contribution in [0.1, 0.15) is 17.4 Å². The van der Waals surface area contributed by atoms with Gasteiger partial charge in [-0.15, -0.1) is 11.3 Å². The van der Waals surface area contributed by atoms with E-state index in [0.29, 0.717) is 15.5 Å². The average Bonchev–Trinajstić information content (AvgIpc) is 2.96. The highest BCUT2D eigenvalue weighted by Crippen LogP contribution is 2.28. The monoisotopic (exact) mass is 340 g/mol. The number of nitrogens with two attached hydrogens (primary N) is 1. The molecule has 0 unspecified atom stereocenters. The van der Waals surface area contributed by atoms with Crippen molar-refractivity contribution in [1.82, 2.24) is 0 Å². The first-order chi connectivity index (χ1) is 9.86. The second-order valence-electron chi connectivity index (χ2n) is 4.46. The zero-order valence-electron chi connectivity index (χ0n) is 11.7. The normalized spacial score (nSPS) is 11.3. The first kappa shape index (κ1) is 15.9. The third kappa shape index (κ3) is 3.25. The number of hydrogen-bond donors (Lipinski definition) is 1. The molecule has 0 radical (unpaired) electrons. The molecule has 112 valence electrons. The summed E-state index contributed by atoms with van der Waals surface area (Å²) in [5.41, 5.74) is 6.82. The van der Waals surface area contributed by atoms with Gasteiger partial charge in [0, 0.05) is 17.5 Å². The van der Waals surface area contributed by atoms with Crippen LogP contribution < -0.4 is 10.0 Å². The Hall–Kier alpha value is -1.44. The van der Waals surface area contributed by atoms with E-state index in [9.17, 15) is 8.42 Å². The summed E-state index contributed by atoms with van der Waals surface area (Å²) < 4.78 is 26.7. The number of hydrogen-bond acceptors (Lipinski definition) is 4. The van der Waals surface area contributed by atoms with E-state index in [4.69, 9.17) is 18.0 Å². The zero-order valence-corrected chi connectivity index (χ0v) is 14.2. The summed E-state index contributed by atoms with van der Waals surface area (Å²) in [5.74, 6) is 0. The molecule has 7 heteroatoms. The second-order valence-corrected chi connectivity index (χ2v) is 8.26. The molecule has 0 aliphatic carbocycles. The van der Waals surface area contributed by atoms with E-state index in [1.807, 2.05) is 13.0 Å². The van der Waals surface area contributed by atoms with Crippen LogP contribution in [0.25, 0.3) is 0 Å². The van der Waals surface area contributed by atoms with Crippen molar-refractivity contribution in [2.45, 2.75) is 17.6 Å². The molecule has 2 aromatic rings. The molecule has 4 nitrogen and oxygen atoms in total. The Morgan fingerprint density at radius 3 is 2.33 bits per heavy atom. The van der Waals surface area contributed by atoms with Crippen LogP contribution in [0.2, 0.25) is 0 Å². The van der Waals surface area contributed by atoms with Gasteiger partial charge in [-0.1, -0.05) is 19.1 Å². The number of sulfonamides is 1. The van der Waals surface area contributed by atoms with Crippen molar-refractivity contribution >= 4 is 44.3 Å². The number of rotatable bonds is 5. The lowest BCUT2D eigenvalue weighted by molar-refractivity contribution is 0.596. The minimum absolute atomic E-state index is 0.290. The van der Waals surface area contributed by atoms with E-state index < -0.39 is 10.0 Å². The highest BCUT2D eigenvalue weighted by atomic mass is 32.2. The van der Waals surface area contributed by atoms with Crippen LogP contribution in [-0.2, 0) is 16.4 Å². The number of benzene rings is 1. The molecule has 2 rings (SSSR count). The van der Waals surface area contributed by atoms with Crippen molar-refractivity contribution < 1.29 is 8.42 Å². The van der Waals surface area contributed by atoms with Crippen LogP contribution in [0.15, 0.2) is 40.6 Å². The number of nitrogens with zero attached hydrogens (tertiary/aromatic N) is 1. The second kappa shape index (κ2) is 6.13. The molecule has 0 saturated heterocycles. The van der Waals surface area contributed by atoms with Crippen molar-refractivity contribution in [3.8, 4) is 0 Å². The largest absolute Gasteiger partial charge is 0.389 e. The van der Waals surface area contributed by atoms with E-state index in [0.717, 1.165) is 11.3 Å². The molecule has 0 aliphatic rings. The predicted molar refractivity (Wildman–Crippen MR) is 91.6 cm³/mol. The van der Waals surface area contributed by atoms with Gasteiger partial charge in [0.05, 0.1) is 5.69 Å². The van der Waals surface area contributed by atoms with Crippen LogP contribution >= 0.6 is 23.6 Å². The Bertz CT molecular complexity index is 749. The van der Waals surface area contributed by atoms with Gasteiger partial charge in [-0.2, -0.15) is 0 Å². The van der Waals surface area contributed by atoms with Crippen LogP contribution in [0.3, 0.4) is 0 Å². The Morgan fingerprint density at radius 1 is 1.24 bits per heavy atom. The topological polar surface area (TPSA) is 63.4 Å². The molecule has 2 N–H and O–H groups in total. The van der Waals surface area contributed by atoms with E-state index >= 15 is 0 Å². The molecule has 0 bridgehead atoms. The molecule has 1 aromatic heterocycles. The maximum absolute atomic E-state index is 12.6. The lowest BCUT2D eigenvalue weighted by atomic mass is 10.2. The third-order valence-corrected chi connectivity index (χ3v) is 6.83. The Balaban J connectivity index is 2.33. The minimum atomic E-state index is -3.53. The van der Waals surface area contributed by atoms with Gasteiger partial charge < -0.3 is 5.73 Å². The molecular weight excluding hydrogens is 324 g/mol. The highest BCUT2D eigenvalue weighted by Gasteiger charge is 2.23. The molecule has 0 aliphatic heterocycles. The van der Waals surface area contributed by atoms with Crippen molar-refractivity contribution in [3.63, 3.8) is 0 Å². The maximum atomic E-state index is 12.6. The lowest BCUT2D eigenvalue weighted by Gasteiger charge is -2.18. The summed E-state index contributed by atoms with van der Waals surface area (Å²) >= 11 is 6.19. The van der Waals surface area contributed by atoms with Gasteiger partial charge in [-0.25, -0.2) is 8.42 Å². The summed E-state index contributed by atoms with van der Waals surface area (Å²) in [6.07, 6.45) is 0.826. The minimum Gasteiger partial charge on any atom is -0.389 e. The van der Waals surface area contributed by atoms with E-state index in [1.165, 1.54) is 22.7 Å². The lowest BCUT2D eigenvalue weighted by Crippen LogP contribution is -2.25. The summed E-state index contributed by atoms with van der Waals surface area (Å²) in [6, 6.07) is 10.3. The smallest absolute Gasteiger partial charge is 0.273 e. The van der Waals surface area contributed by atoms with E-state index in [1.54, 1.807) is 30.3 Å². The summed E-state index contributed by atoms with van der Waals surface area (Å²) in [7, 11) is -1.99. The van der Waals surface area contributed by atoms with Crippen molar-refractivity contribution in [1.29, 1.82) is 0 Å². The van der Waals surface area contributed by atoms with Gasteiger partial charge in [0.2, 0.25) is 0 Å². The molecule has 0 fully saturated rings. The van der Waals surface area contributed by atoms with Gasteiger partial charge in [0.25, 0.3) is 10.0 Å². The quantitative estimate of drug-likeness (QED) is 0.850. The van der Waals surface area contributed by atoms with Crippen molar-refractivity contribution in [3.05, 3.63) is 46.8 Å². The molecule has 0 atom stereocenters. The summed E-state index contributed by atoms with van der Waals surface area (Å²) in [5, 5.41) is 0. The number of aryl methyl sites for hydroxylation is 1. The number of thiocarbonyl (C=S) groups is 1. The molecule has 1 heterocycles. The fourth-order valence-corrected chi connectivity index (χ4v) is 4.59. The first-order valence-electron chi connectivity index (χ1n) is 6.33. The fourth-order valence-electron chi connectivity index (χ4n) is 1.80. The van der Waals surface area contributed by atoms with Gasteiger partial charge in [0.1, 0.15) is 9.20 Å². The summed E-state index contributed by atoms with van der Waals surface area (Å²) in [6.45, 7) is 2.00. The average molecular weight is 340 g/mol. The molecular formula is C14H16N2O2S3. The predicted octanol–water partition coefficient (Wildman–Crippen LogP) is 2.77. The van der Waals surface area contributed by atoms with Gasteiger partial charge in [-0.3, -0.25) is 4.31 Å². The Labute approximate surface area is 134 Å². The van der Waals surface area contributed by atoms with E-state index in [2.05, 4.69) is 0 Å². The zero-order chi connectivity index (χ0) is 15.6. The van der Waals surface area contributed by atoms with Crippen LogP contribution in [-0.4, -0.2) is 20.5 Å². The van der Waals surface area contributed by atoms with E-state index in [-0.39, 0.29) is 4.99 Å². The highest BCUT2D eigenvalue weighted by molar-refractivity contribution is 7.94. The van der Waals surface area contributed by atoms with Crippen molar-refractivity contribution in [2.75, 3.05) is 11.4 Å². The number of anilines is 1. The van der Waals surface area contributed by atoms with Crippen LogP contribution in [0.4, 0.5) is 5.69 Å². The van der Waals surface area contributed by atoms with Gasteiger partial charge in [-0.05, 0) is 42.8 Å². The van der Waals surface area contributed by atoms with Gasteiger partial charge >= 0.3 is 0 Å². The SMILES string of the molecule is CCc1ccc(S(=O)(=O)N(C)c2ccc(C(N)=S)cc2)s1. The molecule has 0 amide bonds. The van der Waals surface area contributed by atoms with Crippen LogP contribution in [0, 0.1) is 0 Å². The molecule has 0 spiro atoms.